The van der Waals surface area contributed by atoms with Crippen molar-refractivity contribution in [1.82, 2.24) is 0 Å². The van der Waals surface area contributed by atoms with Gasteiger partial charge >= 0.3 is 5.97 Å². The highest BCUT2D eigenvalue weighted by atomic mass is 127. The Labute approximate surface area is 156 Å². The number of methoxy groups -OCH3 is 1. The van der Waals surface area contributed by atoms with Crippen LogP contribution in [0.3, 0.4) is 0 Å². The summed E-state index contributed by atoms with van der Waals surface area (Å²) in [5.41, 5.74) is 3.29. The molecular weight excluding hydrogens is 473 g/mol. The number of fused-ring (bicyclic) bond motifs is 1. The van der Waals surface area contributed by atoms with Crippen molar-refractivity contribution < 1.29 is 14.4 Å². The predicted molar refractivity (Wildman–Crippen MR) is 100 cm³/mol. The molecule has 0 aromatic heterocycles. The van der Waals surface area contributed by atoms with E-state index in [0.29, 0.717) is 12.0 Å². The molecule has 4 nitrogen and oxygen atoms in total. The molecule has 0 saturated heterocycles. The van der Waals surface area contributed by atoms with Gasteiger partial charge in [0.05, 0.1) is 18.4 Å². The minimum atomic E-state index is -0.454. The van der Waals surface area contributed by atoms with Crippen LogP contribution in [-0.2, 0) is 11.3 Å². The molecule has 1 aliphatic rings. The molecule has 0 amide bonds. The van der Waals surface area contributed by atoms with E-state index in [0.717, 1.165) is 37.1 Å². The minimum absolute atomic E-state index is 0.454. The standard InChI is InChI=1S/C17H13BrINO3/c1-22-15-9-7-12(18)10-6-8-14(16(10)15)20-23-17(21)11-4-2-3-5-13(11)19/h2-5,7,9H,6,8H2,1H3/b20-14-. The van der Waals surface area contributed by atoms with Crippen LogP contribution in [0.2, 0.25) is 0 Å². The number of benzene rings is 2. The number of rotatable bonds is 3. The molecule has 2 aromatic carbocycles. The average Bonchev–Trinajstić information content (AvgIpc) is 2.98. The van der Waals surface area contributed by atoms with E-state index in [9.17, 15) is 4.79 Å². The Hall–Kier alpha value is -1.41. The molecule has 0 aliphatic heterocycles. The highest BCUT2D eigenvalue weighted by molar-refractivity contribution is 14.1. The van der Waals surface area contributed by atoms with Crippen LogP contribution in [0.1, 0.15) is 27.9 Å². The number of hydrogen-bond acceptors (Lipinski definition) is 4. The predicted octanol–water partition coefficient (Wildman–Crippen LogP) is 4.57. The van der Waals surface area contributed by atoms with Crippen molar-refractivity contribution in [1.29, 1.82) is 0 Å². The van der Waals surface area contributed by atoms with Gasteiger partial charge in [0.25, 0.3) is 0 Å². The lowest BCUT2D eigenvalue weighted by Gasteiger charge is -2.09. The second kappa shape index (κ2) is 7.00. The molecule has 0 atom stereocenters. The molecule has 6 heteroatoms. The zero-order valence-electron chi connectivity index (χ0n) is 12.3. The van der Waals surface area contributed by atoms with E-state index in [1.165, 1.54) is 0 Å². The maximum Gasteiger partial charge on any atom is 0.366 e. The number of oxime groups is 1. The maximum atomic E-state index is 12.2. The second-order valence-corrected chi connectivity index (χ2v) is 7.02. The molecule has 0 spiro atoms. The number of hydrogen-bond donors (Lipinski definition) is 0. The molecule has 0 saturated carbocycles. The number of ether oxygens (including phenoxy) is 1. The second-order valence-electron chi connectivity index (χ2n) is 5.00. The minimum Gasteiger partial charge on any atom is -0.496 e. The Bertz CT molecular complexity index is 804. The molecule has 2 aromatic rings. The van der Waals surface area contributed by atoms with Crippen molar-refractivity contribution in [3.63, 3.8) is 0 Å². The summed E-state index contributed by atoms with van der Waals surface area (Å²) in [6, 6.07) is 11.1. The summed E-state index contributed by atoms with van der Waals surface area (Å²) in [6.07, 6.45) is 1.56. The monoisotopic (exact) mass is 485 g/mol. The highest BCUT2D eigenvalue weighted by Crippen LogP contribution is 2.36. The van der Waals surface area contributed by atoms with Crippen LogP contribution >= 0.6 is 38.5 Å². The van der Waals surface area contributed by atoms with E-state index in [4.69, 9.17) is 9.57 Å². The summed E-state index contributed by atoms with van der Waals surface area (Å²) in [5, 5.41) is 4.09. The molecule has 0 bridgehead atoms. The first-order valence-corrected chi connectivity index (χ1v) is 8.87. The number of nitrogens with zero attached hydrogens (tertiary/aromatic N) is 1. The van der Waals surface area contributed by atoms with Crippen LogP contribution < -0.4 is 4.74 Å². The molecule has 118 valence electrons. The van der Waals surface area contributed by atoms with Crippen molar-refractivity contribution in [2.75, 3.05) is 7.11 Å². The summed E-state index contributed by atoms with van der Waals surface area (Å²) in [6.45, 7) is 0. The molecule has 1 aliphatic carbocycles. The van der Waals surface area contributed by atoms with E-state index >= 15 is 0 Å². The van der Waals surface area contributed by atoms with Crippen LogP contribution in [0.15, 0.2) is 46.0 Å². The van der Waals surface area contributed by atoms with Crippen LogP contribution in [0.25, 0.3) is 0 Å². The Morgan fingerprint density at radius 2 is 2.00 bits per heavy atom. The molecule has 0 fully saturated rings. The first kappa shape index (κ1) is 16.4. The summed E-state index contributed by atoms with van der Waals surface area (Å²) in [7, 11) is 1.62. The number of carbonyl (C=O) groups is 1. The van der Waals surface area contributed by atoms with E-state index in [-0.39, 0.29) is 0 Å². The largest absolute Gasteiger partial charge is 0.496 e. The van der Waals surface area contributed by atoms with Gasteiger partial charge in [-0.15, -0.1) is 0 Å². The van der Waals surface area contributed by atoms with Gasteiger partial charge in [-0.05, 0) is 65.3 Å². The molecular formula is C17H13BrINO3. The van der Waals surface area contributed by atoms with Gasteiger partial charge < -0.3 is 9.57 Å². The van der Waals surface area contributed by atoms with Crippen molar-refractivity contribution in [3.8, 4) is 5.75 Å². The third-order valence-electron chi connectivity index (χ3n) is 3.67. The molecule has 0 radical (unpaired) electrons. The van der Waals surface area contributed by atoms with Gasteiger partial charge in [0.1, 0.15) is 5.75 Å². The lowest BCUT2D eigenvalue weighted by atomic mass is 10.1. The lowest BCUT2D eigenvalue weighted by Crippen LogP contribution is -2.06. The molecule has 0 heterocycles. The van der Waals surface area contributed by atoms with Gasteiger partial charge in [-0.3, -0.25) is 0 Å². The fourth-order valence-electron chi connectivity index (χ4n) is 2.56. The Kier molecular flexibility index (Phi) is 5.01. The Morgan fingerprint density at radius 3 is 2.74 bits per heavy atom. The van der Waals surface area contributed by atoms with Gasteiger partial charge in [0.15, 0.2) is 0 Å². The summed E-state index contributed by atoms with van der Waals surface area (Å²) < 4.78 is 7.26. The zero-order valence-corrected chi connectivity index (χ0v) is 16.0. The fraction of sp³-hybridized carbons (Fsp3) is 0.176. The van der Waals surface area contributed by atoms with Crippen molar-refractivity contribution in [2.24, 2.45) is 5.16 Å². The summed E-state index contributed by atoms with van der Waals surface area (Å²) >= 11 is 5.65. The first-order chi connectivity index (χ1) is 11.1. The highest BCUT2D eigenvalue weighted by Gasteiger charge is 2.25. The van der Waals surface area contributed by atoms with Crippen molar-refractivity contribution in [3.05, 3.63) is 61.1 Å². The Balaban J connectivity index is 1.88. The smallest absolute Gasteiger partial charge is 0.366 e. The van der Waals surface area contributed by atoms with Crippen LogP contribution in [-0.4, -0.2) is 18.8 Å². The van der Waals surface area contributed by atoms with E-state index in [2.05, 4.69) is 43.7 Å². The van der Waals surface area contributed by atoms with Crippen LogP contribution in [0.5, 0.6) is 5.75 Å². The molecule has 3 rings (SSSR count). The van der Waals surface area contributed by atoms with E-state index < -0.39 is 5.97 Å². The number of halogens is 2. The SMILES string of the molecule is COc1ccc(Br)c2c1/C(=N\OC(=O)c1ccccc1I)CC2. The van der Waals surface area contributed by atoms with E-state index in [1.54, 1.807) is 19.2 Å². The third-order valence-corrected chi connectivity index (χ3v) is 5.35. The maximum absolute atomic E-state index is 12.2. The molecule has 0 unspecified atom stereocenters. The van der Waals surface area contributed by atoms with Crippen LogP contribution in [0.4, 0.5) is 0 Å². The van der Waals surface area contributed by atoms with Crippen LogP contribution in [0, 0.1) is 3.57 Å². The average molecular weight is 486 g/mol. The van der Waals surface area contributed by atoms with Crippen molar-refractivity contribution >= 4 is 50.2 Å². The summed E-state index contributed by atoms with van der Waals surface area (Å²) in [5.74, 6) is 0.287. The quantitative estimate of drug-likeness (QED) is 0.363. The lowest BCUT2D eigenvalue weighted by molar-refractivity contribution is 0.0514. The third kappa shape index (κ3) is 3.28. The fourth-order valence-corrected chi connectivity index (χ4v) is 3.70. The normalized spacial score (nSPS) is 14.7. The Morgan fingerprint density at radius 1 is 1.22 bits per heavy atom. The van der Waals surface area contributed by atoms with E-state index in [1.807, 2.05) is 24.3 Å². The molecule has 0 N–H and O–H groups in total. The van der Waals surface area contributed by atoms with Gasteiger partial charge in [0, 0.05) is 13.6 Å². The van der Waals surface area contributed by atoms with Gasteiger partial charge in [-0.1, -0.05) is 33.2 Å². The topological polar surface area (TPSA) is 47.9 Å². The number of carbonyl (C=O) groups excluding carboxylic acids is 1. The van der Waals surface area contributed by atoms with Gasteiger partial charge in [0.2, 0.25) is 0 Å². The molecule has 23 heavy (non-hydrogen) atoms. The van der Waals surface area contributed by atoms with Crippen molar-refractivity contribution in [2.45, 2.75) is 12.8 Å². The first-order valence-electron chi connectivity index (χ1n) is 7.00. The van der Waals surface area contributed by atoms with Gasteiger partial charge in [-0.2, -0.15) is 0 Å². The zero-order chi connectivity index (χ0) is 16.4. The summed E-state index contributed by atoms with van der Waals surface area (Å²) in [4.78, 5) is 17.3. The van der Waals surface area contributed by atoms with Gasteiger partial charge in [-0.25, -0.2) is 4.79 Å².